The summed E-state index contributed by atoms with van der Waals surface area (Å²) >= 11 is 0. The minimum atomic E-state index is -0.101. The molecule has 1 unspecified atom stereocenters. The topological polar surface area (TPSA) is 58.2 Å². The molecule has 0 aliphatic heterocycles. The van der Waals surface area contributed by atoms with Gasteiger partial charge in [-0.05, 0) is 49.6 Å². The van der Waals surface area contributed by atoms with E-state index in [4.69, 9.17) is 0 Å². The Labute approximate surface area is 135 Å². The maximum Gasteiger partial charge on any atom is 0.251 e. The molecule has 2 N–H and O–H groups in total. The van der Waals surface area contributed by atoms with Gasteiger partial charge in [-0.15, -0.1) is 0 Å². The van der Waals surface area contributed by atoms with Crippen LogP contribution in [0.4, 0.5) is 5.69 Å². The van der Waals surface area contributed by atoms with Crippen LogP contribution in [0.15, 0.2) is 54.6 Å². The third kappa shape index (κ3) is 3.97. The Morgan fingerprint density at radius 3 is 2.26 bits per heavy atom. The number of hydrogen-bond acceptors (Lipinski definition) is 2. The van der Waals surface area contributed by atoms with Crippen molar-refractivity contribution in [2.45, 2.75) is 25.8 Å². The number of benzene rings is 2. The molecule has 0 heterocycles. The van der Waals surface area contributed by atoms with Gasteiger partial charge in [-0.2, -0.15) is 0 Å². The van der Waals surface area contributed by atoms with E-state index in [1.807, 2.05) is 49.4 Å². The monoisotopic (exact) mass is 308 g/mol. The lowest BCUT2D eigenvalue weighted by Gasteiger charge is -2.15. The van der Waals surface area contributed by atoms with E-state index in [0.717, 1.165) is 24.1 Å². The van der Waals surface area contributed by atoms with Crippen molar-refractivity contribution in [3.8, 4) is 0 Å². The zero-order valence-electron chi connectivity index (χ0n) is 13.1. The van der Waals surface area contributed by atoms with Crippen molar-refractivity contribution >= 4 is 17.5 Å². The zero-order valence-corrected chi connectivity index (χ0v) is 13.1. The fourth-order valence-electron chi connectivity index (χ4n) is 2.40. The van der Waals surface area contributed by atoms with Crippen LogP contribution in [0.25, 0.3) is 0 Å². The minimum Gasteiger partial charge on any atom is -0.346 e. The zero-order chi connectivity index (χ0) is 16.2. The van der Waals surface area contributed by atoms with Crippen molar-refractivity contribution in [2.24, 2.45) is 5.92 Å². The van der Waals surface area contributed by atoms with E-state index in [1.165, 1.54) is 0 Å². The molecule has 1 aliphatic carbocycles. The van der Waals surface area contributed by atoms with E-state index in [-0.39, 0.29) is 23.8 Å². The van der Waals surface area contributed by atoms with E-state index in [1.54, 1.807) is 12.1 Å². The van der Waals surface area contributed by atoms with Crippen LogP contribution in [-0.4, -0.2) is 11.8 Å². The fraction of sp³-hybridized carbons (Fsp3) is 0.263. The summed E-state index contributed by atoms with van der Waals surface area (Å²) in [5.41, 5.74) is 2.44. The molecule has 0 bridgehead atoms. The van der Waals surface area contributed by atoms with Gasteiger partial charge in [-0.3, -0.25) is 9.59 Å². The number of carbonyl (C=O) groups excluding carboxylic acids is 2. The van der Waals surface area contributed by atoms with Crippen LogP contribution < -0.4 is 10.6 Å². The van der Waals surface area contributed by atoms with Crippen LogP contribution in [-0.2, 0) is 4.79 Å². The SMILES string of the molecule is CC(NC(=O)c1ccccc1)c1ccc(NC(=O)C2CC2)cc1. The standard InChI is InChI=1S/C19H20N2O2/c1-13(20-18(22)15-5-3-2-4-6-15)14-9-11-17(12-10-14)21-19(23)16-7-8-16/h2-6,9-13,16H,7-8H2,1H3,(H,20,22)(H,21,23). The molecule has 2 aromatic rings. The molecule has 23 heavy (non-hydrogen) atoms. The highest BCUT2D eigenvalue weighted by Crippen LogP contribution is 2.30. The van der Waals surface area contributed by atoms with Crippen LogP contribution in [0.2, 0.25) is 0 Å². The average Bonchev–Trinajstić information content (AvgIpc) is 3.41. The van der Waals surface area contributed by atoms with Gasteiger partial charge in [0.05, 0.1) is 6.04 Å². The van der Waals surface area contributed by atoms with Gasteiger partial charge in [0.15, 0.2) is 0 Å². The van der Waals surface area contributed by atoms with Gasteiger partial charge >= 0.3 is 0 Å². The number of rotatable bonds is 5. The Hall–Kier alpha value is -2.62. The van der Waals surface area contributed by atoms with E-state index in [9.17, 15) is 9.59 Å². The molecule has 4 heteroatoms. The Bertz CT molecular complexity index is 691. The van der Waals surface area contributed by atoms with Crippen molar-refractivity contribution in [3.05, 3.63) is 65.7 Å². The number of nitrogens with one attached hydrogen (secondary N) is 2. The second kappa shape index (κ2) is 6.65. The van der Waals surface area contributed by atoms with Crippen LogP contribution in [0.1, 0.15) is 41.7 Å². The van der Waals surface area contributed by atoms with Crippen molar-refractivity contribution in [3.63, 3.8) is 0 Å². The summed E-state index contributed by atoms with van der Waals surface area (Å²) < 4.78 is 0. The van der Waals surface area contributed by atoms with Gasteiger partial charge in [0.25, 0.3) is 5.91 Å². The molecule has 1 aliphatic rings. The molecule has 1 saturated carbocycles. The van der Waals surface area contributed by atoms with Crippen molar-refractivity contribution < 1.29 is 9.59 Å². The first kappa shape index (κ1) is 15.3. The third-order valence-corrected chi connectivity index (χ3v) is 4.01. The number of amides is 2. The van der Waals surface area contributed by atoms with E-state index in [0.29, 0.717) is 5.56 Å². The number of hydrogen-bond donors (Lipinski definition) is 2. The van der Waals surface area contributed by atoms with Gasteiger partial charge in [0.1, 0.15) is 0 Å². The third-order valence-electron chi connectivity index (χ3n) is 4.01. The molecule has 0 radical (unpaired) electrons. The molecule has 0 aromatic heterocycles. The van der Waals surface area contributed by atoms with E-state index >= 15 is 0 Å². The first-order valence-corrected chi connectivity index (χ1v) is 7.90. The molecule has 1 fully saturated rings. The lowest BCUT2D eigenvalue weighted by molar-refractivity contribution is -0.117. The number of anilines is 1. The molecular weight excluding hydrogens is 288 g/mol. The normalized spacial score (nSPS) is 14.8. The molecule has 2 amide bonds. The average molecular weight is 308 g/mol. The van der Waals surface area contributed by atoms with Crippen molar-refractivity contribution in [1.29, 1.82) is 0 Å². The molecule has 0 saturated heterocycles. The molecule has 0 spiro atoms. The molecule has 118 valence electrons. The first-order valence-electron chi connectivity index (χ1n) is 7.90. The van der Waals surface area contributed by atoms with E-state index < -0.39 is 0 Å². The summed E-state index contributed by atoms with van der Waals surface area (Å²) in [7, 11) is 0. The molecule has 1 atom stereocenters. The van der Waals surface area contributed by atoms with Crippen LogP contribution in [0.3, 0.4) is 0 Å². The summed E-state index contributed by atoms with van der Waals surface area (Å²) in [4.78, 5) is 23.9. The lowest BCUT2D eigenvalue weighted by Crippen LogP contribution is -2.26. The highest BCUT2D eigenvalue weighted by molar-refractivity contribution is 5.95. The highest BCUT2D eigenvalue weighted by Gasteiger charge is 2.29. The largest absolute Gasteiger partial charge is 0.346 e. The van der Waals surface area contributed by atoms with Crippen LogP contribution >= 0.6 is 0 Å². The lowest BCUT2D eigenvalue weighted by atomic mass is 10.1. The van der Waals surface area contributed by atoms with Gasteiger partial charge < -0.3 is 10.6 Å². The Kier molecular flexibility index (Phi) is 4.42. The molecule has 4 nitrogen and oxygen atoms in total. The van der Waals surface area contributed by atoms with Gasteiger partial charge in [0, 0.05) is 17.2 Å². The minimum absolute atomic E-state index is 0.0933. The summed E-state index contributed by atoms with van der Waals surface area (Å²) in [5.74, 6) is 0.200. The smallest absolute Gasteiger partial charge is 0.251 e. The maximum atomic E-state index is 12.2. The van der Waals surface area contributed by atoms with Crippen molar-refractivity contribution in [2.75, 3.05) is 5.32 Å². The van der Waals surface area contributed by atoms with Gasteiger partial charge in [-0.1, -0.05) is 30.3 Å². The quantitative estimate of drug-likeness (QED) is 0.888. The predicted octanol–water partition coefficient (Wildman–Crippen LogP) is 3.53. The Morgan fingerprint density at radius 1 is 1.00 bits per heavy atom. The van der Waals surface area contributed by atoms with Gasteiger partial charge in [0.2, 0.25) is 5.91 Å². The summed E-state index contributed by atoms with van der Waals surface area (Å²) in [6, 6.07) is 16.7. The van der Waals surface area contributed by atoms with E-state index in [2.05, 4.69) is 10.6 Å². The second-order valence-corrected chi connectivity index (χ2v) is 5.95. The Balaban J connectivity index is 1.59. The summed E-state index contributed by atoms with van der Waals surface area (Å²) in [6.07, 6.45) is 1.99. The van der Waals surface area contributed by atoms with Gasteiger partial charge in [-0.25, -0.2) is 0 Å². The summed E-state index contributed by atoms with van der Waals surface area (Å²) in [5, 5.41) is 5.88. The fourth-order valence-corrected chi connectivity index (χ4v) is 2.40. The van der Waals surface area contributed by atoms with Crippen LogP contribution in [0.5, 0.6) is 0 Å². The molecule has 3 rings (SSSR count). The molecule has 2 aromatic carbocycles. The maximum absolute atomic E-state index is 12.2. The predicted molar refractivity (Wildman–Crippen MR) is 90.1 cm³/mol. The Morgan fingerprint density at radius 2 is 1.65 bits per heavy atom. The number of carbonyl (C=O) groups is 2. The second-order valence-electron chi connectivity index (χ2n) is 5.95. The van der Waals surface area contributed by atoms with Crippen LogP contribution in [0, 0.1) is 5.92 Å². The molecular formula is C19H20N2O2. The summed E-state index contributed by atoms with van der Waals surface area (Å²) in [6.45, 7) is 1.94. The van der Waals surface area contributed by atoms with Crippen molar-refractivity contribution in [1.82, 2.24) is 5.32 Å². The highest BCUT2D eigenvalue weighted by atomic mass is 16.2. The first-order chi connectivity index (χ1) is 11.1.